The minimum Gasteiger partial charge on any atom is -0.493 e. The third kappa shape index (κ3) is 4.50. The third-order valence-corrected chi connectivity index (χ3v) is 6.34. The van der Waals surface area contributed by atoms with Gasteiger partial charge in [-0.25, -0.2) is 0 Å². The van der Waals surface area contributed by atoms with Gasteiger partial charge in [-0.05, 0) is 50.2 Å². The molecule has 4 aliphatic rings. The molecule has 2 heterocycles. The number of piperidine rings is 1. The maximum Gasteiger partial charge on any atom is 0.394 e. The Kier molecular flexibility index (Phi) is 6.40. The fraction of sp³-hybridized carbons (Fsp3) is 0.500. The number of nitrogens with zero attached hydrogens (tertiary/aromatic N) is 1. The molecule has 0 radical (unpaired) electrons. The Morgan fingerprint density at radius 3 is 2.24 bits per heavy atom. The summed E-state index contributed by atoms with van der Waals surface area (Å²) in [6.07, 6.45) is 4.00. The normalized spacial score (nSPS) is 31.3. The molecule has 0 saturated carbocycles. The number of benzene rings is 1. The van der Waals surface area contributed by atoms with Crippen LogP contribution in [-0.2, 0) is 37.4 Å². The van der Waals surface area contributed by atoms with E-state index in [0.29, 0.717) is 17.9 Å². The Bertz CT molecular complexity index is 1170. The van der Waals surface area contributed by atoms with Crippen molar-refractivity contribution < 1.29 is 54.4 Å². The second kappa shape index (κ2) is 8.28. The lowest BCUT2D eigenvalue weighted by Crippen LogP contribution is -2.74. The summed E-state index contributed by atoms with van der Waals surface area (Å²) in [5.74, 6) is 1.22. The number of hydrogen-bond acceptors (Lipinski definition) is 9. The summed E-state index contributed by atoms with van der Waals surface area (Å²) in [6, 6.07) is 3.92. The molecule has 1 aromatic carbocycles. The Morgan fingerprint density at radius 2 is 1.70 bits per heavy atom. The smallest absolute Gasteiger partial charge is 0.394 e. The second-order valence-electron chi connectivity index (χ2n) is 8.01. The van der Waals surface area contributed by atoms with Crippen LogP contribution in [0.25, 0.3) is 0 Å². The predicted octanol–water partition coefficient (Wildman–Crippen LogP) is -0.481. The monoisotopic (exact) mass is 509 g/mol. The van der Waals surface area contributed by atoms with E-state index in [4.69, 9.17) is 44.5 Å². The number of carbonyl (C=O) groups is 1. The molecule has 15 heteroatoms. The van der Waals surface area contributed by atoms with E-state index >= 15 is 0 Å². The van der Waals surface area contributed by atoms with Gasteiger partial charge in [0, 0.05) is 11.6 Å². The molecule has 13 nitrogen and oxygen atoms in total. The van der Waals surface area contributed by atoms with E-state index in [1.807, 2.05) is 13.1 Å². The van der Waals surface area contributed by atoms with Crippen molar-refractivity contribution in [3.05, 3.63) is 35.4 Å². The number of ketones is 1. The molecular formula is C18H23NO12S2. The number of ether oxygens (including phenoxy) is 2. The van der Waals surface area contributed by atoms with Crippen LogP contribution in [0.1, 0.15) is 17.5 Å². The molecule has 2 aliphatic carbocycles. The van der Waals surface area contributed by atoms with E-state index in [2.05, 4.69) is 11.0 Å². The quantitative estimate of drug-likeness (QED) is 0.303. The fourth-order valence-electron chi connectivity index (χ4n) is 5.28. The van der Waals surface area contributed by atoms with E-state index < -0.39 is 37.9 Å². The molecule has 1 fully saturated rings. The van der Waals surface area contributed by atoms with Crippen LogP contribution < -0.4 is 9.47 Å². The average Bonchev–Trinajstić information content (AvgIpc) is 3.01. The van der Waals surface area contributed by atoms with Crippen molar-refractivity contribution in [2.75, 3.05) is 20.7 Å². The van der Waals surface area contributed by atoms with Crippen LogP contribution in [0.5, 0.6) is 11.5 Å². The molecule has 33 heavy (non-hydrogen) atoms. The van der Waals surface area contributed by atoms with E-state index in [-0.39, 0.29) is 11.8 Å². The highest BCUT2D eigenvalue weighted by atomic mass is 32.3. The van der Waals surface area contributed by atoms with Gasteiger partial charge in [0.25, 0.3) is 0 Å². The van der Waals surface area contributed by atoms with Crippen LogP contribution in [0, 0.1) is 0 Å². The first-order valence-corrected chi connectivity index (χ1v) is 12.2. The first-order valence-electron chi connectivity index (χ1n) is 9.45. The van der Waals surface area contributed by atoms with E-state index in [1.54, 1.807) is 13.2 Å². The second-order valence-corrected chi connectivity index (χ2v) is 9.80. The molecule has 1 saturated heterocycles. The lowest BCUT2D eigenvalue weighted by atomic mass is 9.51. The largest absolute Gasteiger partial charge is 0.493 e. The van der Waals surface area contributed by atoms with Gasteiger partial charge in [-0.15, -0.1) is 0 Å². The molecule has 2 bridgehead atoms. The summed E-state index contributed by atoms with van der Waals surface area (Å²) in [5, 5.41) is 11.7. The summed E-state index contributed by atoms with van der Waals surface area (Å²) in [5.41, 5.74) is 0.385. The minimum absolute atomic E-state index is 0.0430. The minimum atomic E-state index is -4.67. The molecule has 5 N–H and O–H groups in total. The van der Waals surface area contributed by atoms with Crippen molar-refractivity contribution in [3.8, 4) is 11.5 Å². The number of aliphatic hydroxyl groups is 1. The van der Waals surface area contributed by atoms with Crippen molar-refractivity contribution >= 4 is 26.6 Å². The number of carbonyl (C=O) groups excluding carboxylic acids is 1. The van der Waals surface area contributed by atoms with Gasteiger partial charge in [-0.1, -0.05) is 6.07 Å². The summed E-state index contributed by atoms with van der Waals surface area (Å²) in [7, 11) is -5.69. The molecule has 5 rings (SSSR count). The molecule has 2 aliphatic heterocycles. The zero-order valence-electron chi connectivity index (χ0n) is 17.4. The zero-order chi connectivity index (χ0) is 25.0. The predicted molar refractivity (Wildman–Crippen MR) is 111 cm³/mol. The SMILES string of the molecule is COc1ccc2c3c1OC1C(=O)C=C[C@@]4(O)[C@@H](C2)N(C)CC[C@]314.O=S(=O)(O)O.O=S(=O)(O)O. The molecular weight excluding hydrogens is 486 g/mol. The Morgan fingerprint density at radius 1 is 1.12 bits per heavy atom. The van der Waals surface area contributed by atoms with Crippen LogP contribution in [-0.4, -0.2) is 89.3 Å². The van der Waals surface area contributed by atoms with Crippen LogP contribution in [0.15, 0.2) is 24.3 Å². The van der Waals surface area contributed by atoms with Gasteiger partial charge in [0.1, 0.15) is 5.60 Å². The van der Waals surface area contributed by atoms with Crippen molar-refractivity contribution in [2.24, 2.45) is 0 Å². The topological polar surface area (TPSA) is 208 Å². The number of rotatable bonds is 1. The van der Waals surface area contributed by atoms with Gasteiger partial charge in [0.05, 0.1) is 12.5 Å². The zero-order valence-corrected chi connectivity index (χ0v) is 19.1. The molecule has 184 valence electrons. The van der Waals surface area contributed by atoms with Crippen LogP contribution in [0.2, 0.25) is 0 Å². The molecule has 0 aromatic heterocycles. The van der Waals surface area contributed by atoms with Crippen LogP contribution in [0.4, 0.5) is 0 Å². The Balaban J connectivity index is 0.000000261. The first kappa shape index (κ1) is 25.5. The average molecular weight is 510 g/mol. The van der Waals surface area contributed by atoms with Crippen molar-refractivity contribution in [3.63, 3.8) is 0 Å². The maximum atomic E-state index is 12.6. The van der Waals surface area contributed by atoms with Gasteiger partial charge in [0.2, 0.25) is 0 Å². The van der Waals surface area contributed by atoms with E-state index in [0.717, 1.165) is 24.1 Å². The van der Waals surface area contributed by atoms with E-state index in [1.165, 1.54) is 6.08 Å². The number of hydrogen-bond donors (Lipinski definition) is 5. The summed E-state index contributed by atoms with van der Waals surface area (Å²) >= 11 is 0. The van der Waals surface area contributed by atoms with Crippen LogP contribution >= 0.6 is 0 Å². The summed E-state index contributed by atoms with van der Waals surface area (Å²) < 4.78 is 74.7. The molecule has 1 unspecified atom stereocenters. The van der Waals surface area contributed by atoms with Crippen LogP contribution in [0.3, 0.4) is 0 Å². The van der Waals surface area contributed by atoms with E-state index in [9.17, 15) is 9.90 Å². The highest BCUT2D eigenvalue weighted by molar-refractivity contribution is 7.80. The molecule has 0 amide bonds. The number of likely N-dealkylation sites (tertiary alicyclic amines) is 1. The number of likely N-dealkylation sites (N-methyl/N-ethyl adjacent to an activating group) is 1. The first-order chi connectivity index (χ1) is 15.0. The third-order valence-electron chi connectivity index (χ3n) is 6.34. The fourth-order valence-corrected chi connectivity index (χ4v) is 5.28. The molecule has 1 aromatic rings. The van der Waals surface area contributed by atoms with Gasteiger partial charge in [-0.3, -0.25) is 27.9 Å². The highest BCUT2D eigenvalue weighted by Gasteiger charge is 2.71. The number of methoxy groups -OCH3 is 1. The Hall–Kier alpha value is -2.11. The van der Waals surface area contributed by atoms with Crippen molar-refractivity contribution in [1.29, 1.82) is 0 Å². The Labute approximate surface area is 189 Å². The van der Waals surface area contributed by atoms with Gasteiger partial charge < -0.3 is 14.6 Å². The summed E-state index contributed by atoms with van der Waals surface area (Å²) in [4.78, 5) is 14.8. The van der Waals surface area contributed by atoms with Gasteiger partial charge in [0.15, 0.2) is 23.4 Å². The molecule has 4 atom stereocenters. The standard InChI is InChI=1S/C18H19NO4.2H2O4S/c1-19-8-7-17-14-10-3-4-12(22-2)15(14)23-16(17)11(20)5-6-18(17,21)13(19)9-10;2*1-5(2,3)4/h3-6,13,16,21H,7-9H2,1-2H3;2*(H2,1,2,3,4)/t13-,16?,17+,18-;;/m1../s1. The maximum absolute atomic E-state index is 12.6. The molecule has 1 spiro atoms. The van der Waals surface area contributed by atoms with Gasteiger partial charge >= 0.3 is 20.8 Å². The summed E-state index contributed by atoms with van der Waals surface area (Å²) in [6.45, 7) is 0.837. The van der Waals surface area contributed by atoms with Gasteiger partial charge in [-0.2, -0.15) is 16.8 Å². The lowest BCUT2D eigenvalue weighted by molar-refractivity contribution is -0.151. The highest BCUT2D eigenvalue weighted by Crippen LogP contribution is 2.63. The van der Waals surface area contributed by atoms with Crippen molar-refractivity contribution in [1.82, 2.24) is 4.90 Å². The van der Waals surface area contributed by atoms with Crippen molar-refractivity contribution in [2.45, 2.75) is 36.0 Å². The lowest BCUT2D eigenvalue weighted by Gasteiger charge is -2.60.